The molecular weight excluding hydrogens is 553 g/mol. The molecule has 0 radical (unpaired) electrons. The Hall–Kier alpha value is -3.27. The Morgan fingerprint density at radius 2 is 1.93 bits per heavy atom. The Bertz CT molecular complexity index is 1410. The van der Waals surface area contributed by atoms with Gasteiger partial charge in [0.2, 0.25) is 0 Å². The number of carbonyl (C=O) groups is 1. The van der Waals surface area contributed by atoms with Gasteiger partial charge in [0.05, 0.1) is 17.4 Å². The number of aryl methyl sites for hydroxylation is 1. The molecule has 2 unspecified atom stereocenters. The molecule has 1 aromatic carbocycles. The first-order valence-corrected chi connectivity index (χ1v) is 14.5. The number of benzene rings is 1. The van der Waals surface area contributed by atoms with Gasteiger partial charge in [-0.3, -0.25) is 14.6 Å². The fourth-order valence-corrected chi connectivity index (χ4v) is 7.04. The number of ether oxygens (including phenoxy) is 1. The molecule has 2 bridgehead atoms. The van der Waals surface area contributed by atoms with Crippen molar-refractivity contribution < 1.29 is 22.7 Å². The zero-order chi connectivity index (χ0) is 28.9. The molecule has 41 heavy (non-hydrogen) atoms. The number of aromatic nitrogens is 1. The number of thiocarbonyl (C=S) groups is 1. The number of carbonyl (C=O) groups excluding carboxylic acids is 1. The van der Waals surface area contributed by atoms with E-state index in [4.69, 9.17) is 22.2 Å². The SMILES string of the molecule is CCc1cc(N2C(=S)N(c3cnc(C#N)c(C(F)(F)F)c3)C(=O)C23CCC3)ccc1OCCN1CC2CCC(C1)N2. The first-order valence-electron chi connectivity index (χ1n) is 14.0. The molecule has 3 saturated heterocycles. The number of pyridine rings is 1. The summed E-state index contributed by atoms with van der Waals surface area (Å²) in [5.41, 5.74) is -1.34. The van der Waals surface area contributed by atoms with Crippen molar-refractivity contribution in [2.45, 2.75) is 69.2 Å². The molecule has 1 aromatic heterocycles. The molecule has 4 heterocycles. The maximum atomic E-state index is 13.8. The van der Waals surface area contributed by atoms with Crippen molar-refractivity contribution in [1.82, 2.24) is 15.2 Å². The van der Waals surface area contributed by atoms with E-state index in [1.807, 2.05) is 25.1 Å². The Kier molecular flexibility index (Phi) is 7.16. The number of hydrogen-bond donors (Lipinski definition) is 1. The largest absolute Gasteiger partial charge is 0.492 e. The number of piperazine rings is 1. The van der Waals surface area contributed by atoms with Crippen LogP contribution in [0.5, 0.6) is 5.75 Å². The fourth-order valence-electron chi connectivity index (χ4n) is 6.57. The highest BCUT2D eigenvalue weighted by Crippen LogP contribution is 2.48. The van der Waals surface area contributed by atoms with Gasteiger partial charge < -0.3 is 15.0 Å². The van der Waals surface area contributed by atoms with Crippen molar-refractivity contribution in [1.29, 1.82) is 5.26 Å². The quantitative estimate of drug-likeness (QED) is 0.480. The Balaban J connectivity index is 1.24. The molecule has 12 heteroatoms. The highest BCUT2D eigenvalue weighted by molar-refractivity contribution is 7.81. The van der Waals surface area contributed by atoms with Gasteiger partial charge >= 0.3 is 6.18 Å². The number of rotatable bonds is 7. The van der Waals surface area contributed by atoms with Gasteiger partial charge in [0.15, 0.2) is 10.8 Å². The lowest BCUT2D eigenvalue weighted by atomic mass is 9.75. The zero-order valence-electron chi connectivity index (χ0n) is 22.7. The second-order valence-electron chi connectivity index (χ2n) is 11.2. The Morgan fingerprint density at radius 3 is 2.54 bits per heavy atom. The molecule has 3 aliphatic heterocycles. The summed E-state index contributed by atoms with van der Waals surface area (Å²) in [5, 5.41) is 12.9. The molecule has 2 atom stereocenters. The summed E-state index contributed by atoms with van der Waals surface area (Å²) in [4.78, 5) is 22.8. The number of fused-ring (bicyclic) bond motifs is 2. The molecule has 4 fully saturated rings. The van der Waals surface area contributed by atoms with Crippen LogP contribution < -0.4 is 19.9 Å². The van der Waals surface area contributed by atoms with E-state index in [2.05, 4.69) is 15.2 Å². The molecule has 6 rings (SSSR count). The maximum Gasteiger partial charge on any atom is 0.419 e. The number of nitriles is 1. The van der Waals surface area contributed by atoms with Gasteiger partial charge in [-0.25, -0.2) is 4.98 Å². The van der Waals surface area contributed by atoms with Crippen LogP contribution in [0.15, 0.2) is 30.5 Å². The minimum atomic E-state index is -4.80. The van der Waals surface area contributed by atoms with Gasteiger partial charge in [-0.05, 0) is 80.6 Å². The van der Waals surface area contributed by atoms with Crippen molar-refractivity contribution in [2.24, 2.45) is 0 Å². The van der Waals surface area contributed by atoms with Gasteiger partial charge in [-0.2, -0.15) is 18.4 Å². The topological polar surface area (TPSA) is 84.7 Å². The van der Waals surface area contributed by atoms with E-state index in [-0.39, 0.29) is 16.7 Å². The van der Waals surface area contributed by atoms with Crippen molar-refractivity contribution in [2.75, 3.05) is 36.0 Å². The summed E-state index contributed by atoms with van der Waals surface area (Å²) in [6, 6.07) is 9.12. The zero-order valence-corrected chi connectivity index (χ0v) is 23.5. The number of alkyl halides is 3. The molecule has 8 nitrogen and oxygen atoms in total. The minimum absolute atomic E-state index is 0.0957. The second-order valence-corrected chi connectivity index (χ2v) is 11.6. The fraction of sp³-hybridized carbons (Fsp3) is 0.517. The van der Waals surface area contributed by atoms with Crippen LogP contribution >= 0.6 is 12.2 Å². The summed E-state index contributed by atoms with van der Waals surface area (Å²) in [6.07, 6.45) is 1.32. The lowest BCUT2D eigenvalue weighted by Gasteiger charge is -2.43. The first kappa shape index (κ1) is 27.9. The summed E-state index contributed by atoms with van der Waals surface area (Å²) in [6.45, 7) is 5.52. The lowest BCUT2D eigenvalue weighted by Crippen LogP contribution is -2.55. The van der Waals surface area contributed by atoms with Gasteiger partial charge in [0, 0.05) is 37.4 Å². The van der Waals surface area contributed by atoms with Crippen molar-refractivity contribution in [3.8, 4) is 11.8 Å². The Labute approximate surface area is 242 Å². The molecule has 1 N–H and O–H groups in total. The highest BCUT2D eigenvalue weighted by Gasteiger charge is 2.59. The predicted octanol–water partition coefficient (Wildman–Crippen LogP) is 4.41. The van der Waals surface area contributed by atoms with E-state index in [0.717, 1.165) is 54.5 Å². The van der Waals surface area contributed by atoms with Crippen molar-refractivity contribution in [3.63, 3.8) is 0 Å². The summed E-state index contributed by atoms with van der Waals surface area (Å²) in [5.74, 6) is 0.396. The van der Waals surface area contributed by atoms with Gasteiger partial charge in [-0.15, -0.1) is 0 Å². The number of nitrogens with zero attached hydrogens (tertiary/aromatic N) is 5. The first-order chi connectivity index (χ1) is 19.6. The van der Waals surface area contributed by atoms with E-state index in [9.17, 15) is 18.0 Å². The summed E-state index contributed by atoms with van der Waals surface area (Å²) < 4.78 is 47.2. The van der Waals surface area contributed by atoms with Crippen LogP contribution in [-0.4, -0.2) is 64.8 Å². The van der Waals surface area contributed by atoms with Crippen LogP contribution in [-0.2, 0) is 17.4 Å². The molecule has 1 saturated carbocycles. The number of likely N-dealkylation sites (tertiary alicyclic amines) is 1. The Morgan fingerprint density at radius 1 is 1.20 bits per heavy atom. The standard InChI is InChI=1S/C29H31F3N6O2S/c1-2-18-12-21(6-7-25(18)40-11-10-36-16-19-4-5-20(17-36)35-19)38-27(41)37(26(39)28(38)8-3-9-28)22-13-23(29(30,31)32)24(14-33)34-15-22/h6-7,12-13,15,19-20,35H,2-5,8-11,16-17H2,1H3. The smallest absolute Gasteiger partial charge is 0.419 e. The van der Waals surface area contributed by atoms with Crippen LogP contribution in [0.2, 0.25) is 0 Å². The third-order valence-corrected chi connectivity index (χ3v) is 9.14. The van der Waals surface area contributed by atoms with Crippen molar-refractivity contribution in [3.05, 3.63) is 47.3 Å². The molecule has 2 aromatic rings. The van der Waals surface area contributed by atoms with E-state index in [1.165, 1.54) is 18.9 Å². The van der Waals surface area contributed by atoms with Crippen LogP contribution in [0.25, 0.3) is 0 Å². The van der Waals surface area contributed by atoms with Crippen LogP contribution in [0.1, 0.15) is 55.8 Å². The van der Waals surface area contributed by atoms with E-state index in [1.54, 1.807) is 4.90 Å². The monoisotopic (exact) mass is 584 g/mol. The van der Waals surface area contributed by atoms with Crippen LogP contribution in [0, 0.1) is 11.3 Å². The molecule has 216 valence electrons. The number of hydrogen-bond acceptors (Lipinski definition) is 7. The summed E-state index contributed by atoms with van der Waals surface area (Å²) in [7, 11) is 0. The molecule has 4 aliphatic rings. The third kappa shape index (κ3) is 4.83. The second kappa shape index (κ2) is 10.5. The highest BCUT2D eigenvalue weighted by atomic mass is 32.1. The number of halogens is 3. The lowest BCUT2D eigenvalue weighted by molar-refractivity contribution is -0.138. The molecular formula is C29H31F3N6O2S. The maximum absolute atomic E-state index is 13.8. The predicted molar refractivity (Wildman–Crippen MR) is 151 cm³/mol. The molecule has 1 amide bonds. The summed E-state index contributed by atoms with van der Waals surface area (Å²) >= 11 is 5.74. The van der Waals surface area contributed by atoms with Crippen molar-refractivity contribution >= 4 is 34.6 Å². The van der Waals surface area contributed by atoms with Gasteiger partial charge in [0.1, 0.15) is 24.0 Å². The van der Waals surface area contributed by atoms with Gasteiger partial charge in [0.25, 0.3) is 5.91 Å². The third-order valence-electron chi connectivity index (χ3n) is 8.78. The average molecular weight is 585 g/mol. The van der Waals surface area contributed by atoms with Crippen LogP contribution in [0.4, 0.5) is 24.5 Å². The van der Waals surface area contributed by atoms with E-state index < -0.39 is 23.0 Å². The number of nitrogens with one attached hydrogen (secondary N) is 1. The van der Waals surface area contributed by atoms with E-state index >= 15 is 0 Å². The normalized spacial score (nSPS) is 23.7. The number of anilines is 2. The minimum Gasteiger partial charge on any atom is -0.492 e. The molecule has 1 aliphatic carbocycles. The average Bonchev–Trinajstić information content (AvgIpc) is 3.39. The van der Waals surface area contributed by atoms with Crippen LogP contribution in [0.3, 0.4) is 0 Å². The molecule has 1 spiro atoms. The van der Waals surface area contributed by atoms with E-state index in [0.29, 0.717) is 43.6 Å². The number of amides is 1. The van der Waals surface area contributed by atoms with Gasteiger partial charge in [-0.1, -0.05) is 6.92 Å².